The zero-order valence-corrected chi connectivity index (χ0v) is 22.8. The second kappa shape index (κ2) is 12.0. The van der Waals surface area contributed by atoms with Crippen LogP contribution in [0.4, 0.5) is 14.5 Å². The van der Waals surface area contributed by atoms with Crippen LogP contribution in [0.2, 0.25) is 5.02 Å². The van der Waals surface area contributed by atoms with Crippen LogP contribution in [-0.2, 0) is 12.5 Å². The molecule has 41 heavy (non-hydrogen) atoms. The topological polar surface area (TPSA) is 113 Å². The van der Waals surface area contributed by atoms with Crippen molar-refractivity contribution in [1.82, 2.24) is 25.0 Å². The van der Waals surface area contributed by atoms with E-state index < -0.39 is 18.6 Å². The molecule has 0 saturated carbocycles. The van der Waals surface area contributed by atoms with Crippen LogP contribution in [0.25, 0.3) is 10.9 Å². The van der Waals surface area contributed by atoms with Crippen molar-refractivity contribution in [3.63, 3.8) is 0 Å². The van der Waals surface area contributed by atoms with E-state index in [2.05, 4.69) is 38.6 Å². The van der Waals surface area contributed by atoms with Crippen molar-refractivity contribution in [2.45, 2.75) is 37.8 Å². The molecule has 0 fully saturated rings. The Hall–Kier alpha value is -4.46. The first-order valence-electron chi connectivity index (χ1n) is 13.0. The number of halogens is 3. The van der Waals surface area contributed by atoms with Gasteiger partial charge in [-0.05, 0) is 47.7 Å². The third-order valence-electron chi connectivity index (χ3n) is 6.95. The fraction of sp³-hybridized carbons (Fsp3) is 0.233. The number of benzene rings is 2. The van der Waals surface area contributed by atoms with Crippen LogP contribution >= 0.6 is 11.6 Å². The molecule has 3 aromatic heterocycles. The number of anilines is 1. The van der Waals surface area contributed by atoms with E-state index in [0.29, 0.717) is 38.3 Å². The maximum Gasteiger partial charge on any atom is 0.367 e. The van der Waals surface area contributed by atoms with Crippen LogP contribution in [0.1, 0.15) is 53.3 Å². The smallest absolute Gasteiger partial charge is 0.367 e. The highest BCUT2D eigenvalue weighted by Gasteiger charge is 2.33. The van der Waals surface area contributed by atoms with Crippen molar-refractivity contribution in [2.24, 2.45) is 0 Å². The molecule has 208 valence electrons. The van der Waals surface area contributed by atoms with Crippen molar-refractivity contribution in [3.8, 4) is 6.07 Å². The number of fused-ring (bicyclic) bond motifs is 1. The summed E-state index contributed by atoms with van der Waals surface area (Å²) in [5.74, 6) is -0.503. The molecule has 5 rings (SSSR count). The molecule has 0 aliphatic heterocycles. The average molecular weight is 574 g/mol. The highest BCUT2D eigenvalue weighted by molar-refractivity contribution is 6.35. The predicted octanol–water partition coefficient (Wildman–Crippen LogP) is 6.23. The molecule has 0 amide bonds. The number of aromatic nitrogens is 5. The fourth-order valence-electron chi connectivity index (χ4n) is 4.83. The number of pyridine rings is 2. The Kier molecular flexibility index (Phi) is 8.19. The van der Waals surface area contributed by atoms with Gasteiger partial charge >= 0.3 is 6.05 Å². The van der Waals surface area contributed by atoms with Gasteiger partial charge in [-0.25, -0.2) is 0 Å². The van der Waals surface area contributed by atoms with Crippen LogP contribution < -0.4 is 5.32 Å². The van der Waals surface area contributed by atoms with E-state index in [1.807, 2.05) is 42.5 Å². The zero-order chi connectivity index (χ0) is 29.0. The predicted molar refractivity (Wildman–Crippen MR) is 152 cm³/mol. The summed E-state index contributed by atoms with van der Waals surface area (Å²) in [4.78, 5) is 8.65. The largest absolute Gasteiger partial charge is 0.388 e. The second-order valence-corrected chi connectivity index (χ2v) is 10.0. The molecular weight excluding hydrogens is 548 g/mol. The number of aliphatic hydroxyl groups excluding tert-OH is 1. The molecule has 0 saturated heterocycles. The van der Waals surface area contributed by atoms with E-state index in [1.54, 1.807) is 24.5 Å². The Balaban J connectivity index is 1.59. The average Bonchev–Trinajstić information content (AvgIpc) is 3.50. The normalized spacial score (nSPS) is 13.1. The minimum atomic E-state index is -3.59. The van der Waals surface area contributed by atoms with Gasteiger partial charge in [-0.2, -0.15) is 18.7 Å². The third kappa shape index (κ3) is 5.87. The van der Waals surface area contributed by atoms with Crippen LogP contribution in [0, 0.1) is 11.3 Å². The van der Waals surface area contributed by atoms with E-state index in [4.69, 9.17) is 16.7 Å². The first kappa shape index (κ1) is 28.1. The first-order chi connectivity index (χ1) is 19.8. The highest BCUT2D eigenvalue weighted by Crippen LogP contribution is 2.36. The number of hydrogen-bond donors (Lipinski definition) is 2. The molecule has 2 N–H and O–H groups in total. The van der Waals surface area contributed by atoms with Gasteiger partial charge in [0.2, 0.25) is 0 Å². The quantitative estimate of drug-likeness (QED) is 0.204. The van der Waals surface area contributed by atoms with E-state index in [-0.39, 0.29) is 11.7 Å². The molecule has 0 unspecified atom stereocenters. The van der Waals surface area contributed by atoms with Crippen molar-refractivity contribution in [1.29, 1.82) is 5.26 Å². The first-order valence-corrected chi connectivity index (χ1v) is 13.4. The molecule has 0 spiro atoms. The molecule has 2 aromatic carbocycles. The Bertz CT molecular complexity index is 1690. The van der Waals surface area contributed by atoms with Gasteiger partial charge in [0.25, 0.3) is 0 Å². The molecule has 0 aliphatic carbocycles. The molecule has 5 aromatic rings. The molecule has 8 nitrogen and oxygen atoms in total. The highest BCUT2D eigenvalue weighted by atomic mass is 35.5. The number of aliphatic hydroxyl groups is 1. The number of nitrogens with one attached hydrogen (secondary N) is 1. The lowest BCUT2D eigenvalue weighted by atomic mass is 9.90. The summed E-state index contributed by atoms with van der Waals surface area (Å²) in [6.07, 6.45) is 6.98. The molecular formula is C30H26ClF2N7O. The van der Waals surface area contributed by atoms with Gasteiger partial charge in [0.1, 0.15) is 12.7 Å². The lowest BCUT2D eigenvalue weighted by molar-refractivity contribution is -0.131. The van der Waals surface area contributed by atoms with Crippen LogP contribution in [-0.4, -0.2) is 36.7 Å². The van der Waals surface area contributed by atoms with Gasteiger partial charge in [0.05, 0.1) is 39.7 Å². The summed E-state index contributed by atoms with van der Waals surface area (Å²) in [5.41, 5.74) is 4.38. The number of alkyl halides is 2. The van der Waals surface area contributed by atoms with Gasteiger partial charge in [0.15, 0.2) is 0 Å². The van der Waals surface area contributed by atoms with Gasteiger partial charge in [-0.1, -0.05) is 60.1 Å². The zero-order valence-electron chi connectivity index (χ0n) is 22.0. The minimum Gasteiger partial charge on any atom is -0.388 e. The lowest BCUT2D eigenvalue weighted by Crippen LogP contribution is -2.27. The van der Waals surface area contributed by atoms with Gasteiger partial charge in [-0.3, -0.25) is 9.97 Å². The lowest BCUT2D eigenvalue weighted by Gasteiger charge is -2.22. The van der Waals surface area contributed by atoms with Gasteiger partial charge < -0.3 is 10.4 Å². The molecule has 0 bridgehead atoms. The Morgan fingerprint density at radius 2 is 1.90 bits per heavy atom. The summed E-state index contributed by atoms with van der Waals surface area (Å²) in [7, 11) is 0. The van der Waals surface area contributed by atoms with Gasteiger partial charge in [-0.15, -0.1) is 5.10 Å². The van der Waals surface area contributed by atoms with E-state index >= 15 is 0 Å². The number of nitrogens with zero attached hydrogens (tertiary/aromatic N) is 6. The van der Waals surface area contributed by atoms with Crippen molar-refractivity contribution < 1.29 is 13.9 Å². The standard InChI is InChI=1S/C30H26ClF2N7O/c1-2-26(20-7-4-3-5-8-20)37-28-22(14-34)16-36-29-24(28)12-19(13-25(29)31)11-23(21-9-6-10-35-15-21)27-17-40(39-38-27)30(32,33)18-41/h3-10,12-13,15-17,23,26,41H,2,11,18H2,1H3,(H,36,37)/t23-,26+/m0/s1. The Labute approximate surface area is 240 Å². The summed E-state index contributed by atoms with van der Waals surface area (Å²) >= 11 is 6.73. The minimum absolute atomic E-state index is 0.0669. The summed E-state index contributed by atoms with van der Waals surface area (Å²) in [5, 5.41) is 31.2. The molecule has 11 heteroatoms. The molecule has 0 radical (unpaired) electrons. The maximum atomic E-state index is 14.1. The fourth-order valence-corrected chi connectivity index (χ4v) is 5.12. The maximum absolute atomic E-state index is 14.1. The van der Waals surface area contributed by atoms with E-state index in [1.165, 1.54) is 6.20 Å². The van der Waals surface area contributed by atoms with Crippen molar-refractivity contribution in [2.75, 3.05) is 11.9 Å². The Morgan fingerprint density at radius 3 is 2.59 bits per heavy atom. The van der Waals surface area contributed by atoms with Crippen LogP contribution in [0.5, 0.6) is 0 Å². The summed E-state index contributed by atoms with van der Waals surface area (Å²) in [6.45, 7) is 0.657. The van der Waals surface area contributed by atoms with E-state index in [9.17, 15) is 14.0 Å². The molecule has 2 atom stereocenters. The van der Waals surface area contributed by atoms with Crippen LogP contribution in [0.3, 0.4) is 0 Å². The van der Waals surface area contributed by atoms with Gasteiger partial charge in [0, 0.05) is 29.9 Å². The summed E-state index contributed by atoms with van der Waals surface area (Å²) < 4.78 is 28.6. The molecule has 0 aliphatic rings. The van der Waals surface area contributed by atoms with Crippen LogP contribution in [0.15, 0.2) is 79.4 Å². The number of rotatable bonds is 10. The number of nitriles is 1. The summed E-state index contributed by atoms with van der Waals surface area (Å²) in [6, 6.07) is 15.8. The van der Waals surface area contributed by atoms with Crippen molar-refractivity contribution in [3.05, 3.63) is 112 Å². The second-order valence-electron chi connectivity index (χ2n) is 9.60. The molecule has 3 heterocycles. The van der Waals surface area contributed by atoms with E-state index in [0.717, 1.165) is 29.3 Å². The van der Waals surface area contributed by atoms with Crippen molar-refractivity contribution >= 4 is 28.2 Å². The third-order valence-corrected chi connectivity index (χ3v) is 7.24. The number of hydrogen-bond acceptors (Lipinski definition) is 7. The Morgan fingerprint density at radius 1 is 1.12 bits per heavy atom. The monoisotopic (exact) mass is 573 g/mol. The SMILES string of the molecule is CC[C@@H](Nc1c(C#N)cnc2c(Cl)cc(C[C@@H](c3cccnc3)c3cn(C(F)(F)CO)nn3)cc12)c1ccccc1.